The number of hydrogen-bond donors (Lipinski definition) is 1. The molecule has 3 aliphatic rings. The number of rotatable bonds is 5. The predicted octanol–water partition coefficient (Wildman–Crippen LogP) is 1.26. The Balaban J connectivity index is 1.39. The third kappa shape index (κ3) is 3.57. The highest BCUT2D eigenvalue weighted by Gasteiger charge is 2.51. The predicted molar refractivity (Wildman–Crippen MR) is 108 cm³/mol. The van der Waals surface area contributed by atoms with E-state index in [1.165, 1.54) is 12.1 Å². The number of halogens is 1. The van der Waals surface area contributed by atoms with Crippen LogP contribution in [0.25, 0.3) is 0 Å². The molecule has 3 fully saturated rings. The van der Waals surface area contributed by atoms with Gasteiger partial charge in [0.05, 0.1) is 24.2 Å². The van der Waals surface area contributed by atoms with Crippen molar-refractivity contribution in [2.45, 2.75) is 56.9 Å². The minimum absolute atomic E-state index is 0.00681. The van der Waals surface area contributed by atoms with Crippen LogP contribution >= 0.6 is 0 Å². The minimum Gasteiger partial charge on any atom is -0.330 e. The zero-order valence-electron chi connectivity index (χ0n) is 17.4. The first-order valence-corrected chi connectivity index (χ1v) is 10.6. The molecule has 2 N–H and O–H groups in total. The summed E-state index contributed by atoms with van der Waals surface area (Å²) in [4.78, 5) is 31.3. The molecule has 2 amide bonds. The van der Waals surface area contributed by atoms with Crippen molar-refractivity contribution in [2.75, 3.05) is 19.6 Å². The zero-order chi connectivity index (χ0) is 21.6. The van der Waals surface area contributed by atoms with Gasteiger partial charge in [-0.1, -0.05) is 19.1 Å². The van der Waals surface area contributed by atoms with Crippen molar-refractivity contribution in [3.63, 3.8) is 0 Å². The molecule has 7 nitrogen and oxygen atoms in total. The maximum atomic E-state index is 13.6. The van der Waals surface area contributed by atoms with Crippen LogP contribution in [0.1, 0.15) is 38.3 Å². The summed E-state index contributed by atoms with van der Waals surface area (Å²) in [6.07, 6.45) is 1.37. The number of nitriles is 1. The number of nitrogens with zero attached hydrogens (tertiary/aromatic N) is 4. The molecule has 0 aliphatic carbocycles. The van der Waals surface area contributed by atoms with Gasteiger partial charge >= 0.3 is 0 Å². The SMILES string of the molecule is CC1CC(C#N)N(C(=O)C(N)CN2CC3CC2C(=O)N3C(C)c2cccc(F)c2)C1. The van der Waals surface area contributed by atoms with Crippen LogP contribution in [0.15, 0.2) is 24.3 Å². The lowest BCUT2D eigenvalue weighted by Crippen LogP contribution is -2.56. The van der Waals surface area contributed by atoms with E-state index >= 15 is 0 Å². The van der Waals surface area contributed by atoms with Crippen LogP contribution in [-0.4, -0.2) is 70.3 Å². The lowest BCUT2D eigenvalue weighted by atomic mass is 10.1. The molecular weight excluding hydrogens is 385 g/mol. The highest BCUT2D eigenvalue weighted by atomic mass is 19.1. The van der Waals surface area contributed by atoms with Crippen molar-refractivity contribution in [1.29, 1.82) is 5.26 Å². The Hall–Kier alpha value is -2.50. The third-order valence-corrected chi connectivity index (χ3v) is 6.75. The van der Waals surface area contributed by atoms with Crippen molar-refractivity contribution in [1.82, 2.24) is 14.7 Å². The molecule has 1 aromatic carbocycles. The van der Waals surface area contributed by atoms with E-state index in [-0.39, 0.29) is 41.7 Å². The number of hydrogen-bond acceptors (Lipinski definition) is 5. The van der Waals surface area contributed by atoms with Gasteiger partial charge in [-0.25, -0.2) is 4.39 Å². The Morgan fingerprint density at radius 1 is 1.37 bits per heavy atom. The molecule has 4 rings (SSSR count). The topological polar surface area (TPSA) is 93.7 Å². The molecule has 30 heavy (non-hydrogen) atoms. The van der Waals surface area contributed by atoms with Crippen molar-refractivity contribution in [3.8, 4) is 6.07 Å². The monoisotopic (exact) mass is 413 g/mol. The van der Waals surface area contributed by atoms with Gasteiger partial charge in [0.25, 0.3) is 0 Å². The zero-order valence-corrected chi connectivity index (χ0v) is 17.4. The maximum Gasteiger partial charge on any atom is 0.241 e. The van der Waals surface area contributed by atoms with Gasteiger partial charge in [0.15, 0.2) is 0 Å². The van der Waals surface area contributed by atoms with Crippen LogP contribution in [0.3, 0.4) is 0 Å². The van der Waals surface area contributed by atoms with E-state index in [1.54, 1.807) is 11.0 Å². The number of likely N-dealkylation sites (tertiary alicyclic amines) is 3. The Bertz CT molecular complexity index is 887. The van der Waals surface area contributed by atoms with Crippen LogP contribution in [-0.2, 0) is 9.59 Å². The van der Waals surface area contributed by atoms with Gasteiger partial charge in [-0.15, -0.1) is 0 Å². The molecule has 8 heteroatoms. The number of benzene rings is 1. The molecule has 160 valence electrons. The van der Waals surface area contributed by atoms with Gasteiger partial charge in [-0.05, 0) is 43.4 Å². The molecule has 3 aliphatic heterocycles. The van der Waals surface area contributed by atoms with Gasteiger partial charge < -0.3 is 15.5 Å². The summed E-state index contributed by atoms with van der Waals surface area (Å²) in [5.74, 6) is -0.235. The minimum atomic E-state index is -0.757. The molecule has 1 aromatic rings. The van der Waals surface area contributed by atoms with Crippen LogP contribution in [0.4, 0.5) is 4.39 Å². The second-order valence-electron chi connectivity index (χ2n) is 8.92. The van der Waals surface area contributed by atoms with Crippen molar-refractivity contribution >= 4 is 11.8 Å². The fourth-order valence-corrected chi connectivity index (χ4v) is 5.28. The quantitative estimate of drug-likeness (QED) is 0.784. The van der Waals surface area contributed by atoms with E-state index in [1.807, 2.05) is 29.7 Å². The number of carbonyl (C=O) groups excluding carboxylic acids is 2. The fraction of sp³-hybridized carbons (Fsp3) is 0.591. The van der Waals surface area contributed by atoms with Gasteiger partial charge in [-0.2, -0.15) is 5.26 Å². The van der Waals surface area contributed by atoms with E-state index in [0.717, 1.165) is 5.56 Å². The normalized spacial score (nSPS) is 30.6. The van der Waals surface area contributed by atoms with E-state index in [4.69, 9.17) is 5.73 Å². The van der Waals surface area contributed by atoms with Crippen LogP contribution in [0.2, 0.25) is 0 Å². The van der Waals surface area contributed by atoms with E-state index in [0.29, 0.717) is 32.5 Å². The Kier molecular flexibility index (Phi) is 5.51. The largest absolute Gasteiger partial charge is 0.330 e. The summed E-state index contributed by atoms with van der Waals surface area (Å²) in [6.45, 7) is 5.44. The molecule has 3 heterocycles. The number of piperazine rings is 1. The first-order valence-electron chi connectivity index (χ1n) is 10.6. The summed E-state index contributed by atoms with van der Waals surface area (Å²) < 4.78 is 13.6. The number of carbonyl (C=O) groups is 2. The van der Waals surface area contributed by atoms with Gasteiger partial charge in [0.1, 0.15) is 11.9 Å². The molecule has 6 atom stereocenters. The number of amides is 2. The van der Waals surface area contributed by atoms with Crippen LogP contribution in [0.5, 0.6) is 0 Å². The third-order valence-electron chi connectivity index (χ3n) is 6.75. The molecule has 6 unspecified atom stereocenters. The molecule has 0 spiro atoms. The van der Waals surface area contributed by atoms with Gasteiger partial charge in [-0.3, -0.25) is 14.5 Å². The smallest absolute Gasteiger partial charge is 0.241 e. The van der Waals surface area contributed by atoms with Crippen molar-refractivity contribution in [2.24, 2.45) is 11.7 Å². The van der Waals surface area contributed by atoms with Crippen molar-refractivity contribution in [3.05, 3.63) is 35.6 Å². The van der Waals surface area contributed by atoms with Crippen LogP contribution < -0.4 is 5.73 Å². The highest BCUT2D eigenvalue weighted by molar-refractivity contribution is 5.87. The highest BCUT2D eigenvalue weighted by Crippen LogP contribution is 2.38. The molecule has 0 saturated carbocycles. The Labute approximate surface area is 176 Å². The molecule has 2 bridgehead atoms. The van der Waals surface area contributed by atoms with E-state index < -0.39 is 12.1 Å². The summed E-state index contributed by atoms with van der Waals surface area (Å²) >= 11 is 0. The lowest BCUT2D eigenvalue weighted by Gasteiger charge is -2.38. The fourth-order valence-electron chi connectivity index (χ4n) is 5.28. The Morgan fingerprint density at radius 3 is 2.80 bits per heavy atom. The summed E-state index contributed by atoms with van der Waals surface area (Å²) in [5.41, 5.74) is 6.99. The maximum absolute atomic E-state index is 13.6. The lowest BCUT2D eigenvalue weighted by molar-refractivity contribution is -0.141. The average Bonchev–Trinajstić information content (AvgIpc) is 3.39. The second kappa shape index (κ2) is 7.97. The molecular formula is C22H28FN5O2. The van der Waals surface area contributed by atoms with Gasteiger partial charge in [0, 0.05) is 25.7 Å². The van der Waals surface area contributed by atoms with Crippen molar-refractivity contribution < 1.29 is 14.0 Å². The molecule has 0 aromatic heterocycles. The average molecular weight is 413 g/mol. The number of fused-ring (bicyclic) bond motifs is 2. The first-order chi connectivity index (χ1) is 14.3. The standard InChI is InChI=1S/C22H28FN5O2/c1-13-6-17(9-24)27(10-13)21(29)19(25)12-26-11-18-8-20(26)22(30)28(18)14(2)15-4-3-5-16(23)7-15/h3-5,7,13-14,17-20H,6,8,10-12,25H2,1-2H3. The first kappa shape index (κ1) is 20.8. The summed E-state index contributed by atoms with van der Waals surface area (Å²) in [7, 11) is 0. The molecule has 0 radical (unpaired) electrons. The number of nitrogens with two attached hydrogens (primary N) is 1. The van der Waals surface area contributed by atoms with Crippen LogP contribution in [0, 0.1) is 23.1 Å². The second-order valence-corrected chi connectivity index (χ2v) is 8.92. The van der Waals surface area contributed by atoms with E-state index in [2.05, 4.69) is 6.07 Å². The summed E-state index contributed by atoms with van der Waals surface area (Å²) in [5, 5.41) is 9.31. The van der Waals surface area contributed by atoms with E-state index in [9.17, 15) is 19.2 Å². The molecule has 3 saturated heterocycles. The summed E-state index contributed by atoms with van der Waals surface area (Å²) in [6, 6.07) is 6.90. The Morgan fingerprint density at radius 2 is 2.13 bits per heavy atom. The van der Waals surface area contributed by atoms with Gasteiger partial charge in [0.2, 0.25) is 11.8 Å².